The molecule has 0 unspecified atom stereocenters. The molecule has 3 aliphatic carbocycles. The summed E-state index contributed by atoms with van der Waals surface area (Å²) in [4.78, 5) is 74.2. The lowest BCUT2D eigenvalue weighted by atomic mass is 9.54. The number of amides is 2. The monoisotopic (exact) mass is 730 g/mol. The molecule has 7 rings (SSSR count). The number of primary amides is 1. The minimum Gasteiger partial charge on any atom is -0.477 e. The summed E-state index contributed by atoms with van der Waals surface area (Å²) in [5.74, 6) is -3.68. The molecule has 18 heteroatoms. The van der Waals surface area contributed by atoms with Crippen LogP contribution in [-0.2, 0) is 22.6 Å². The van der Waals surface area contributed by atoms with Crippen LogP contribution in [0.1, 0.15) is 88.4 Å². The van der Waals surface area contributed by atoms with E-state index in [1.165, 1.54) is 19.2 Å². The number of ether oxygens (including phenoxy) is 1. The van der Waals surface area contributed by atoms with Crippen molar-refractivity contribution in [1.29, 1.82) is 0 Å². The number of hydrogen-bond donors (Lipinski definition) is 6. The minimum absolute atomic E-state index is 0. The molecule has 0 saturated heterocycles. The predicted octanol–water partition coefficient (Wildman–Crippen LogP) is 1.90. The Hall–Kier alpha value is -5.42. The molecule has 2 amide bonds. The highest BCUT2D eigenvalue weighted by Gasteiger charge is 2.52. The fourth-order valence-electron chi connectivity index (χ4n) is 6.41. The molecule has 0 spiro atoms. The van der Waals surface area contributed by atoms with Gasteiger partial charge < -0.3 is 37.7 Å². The van der Waals surface area contributed by atoms with Gasteiger partial charge in [0.05, 0.1) is 18.7 Å². The number of anilines is 2. The van der Waals surface area contributed by atoms with Gasteiger partial charge in [0.2, 0.25) is 0 Å². The van der Waals surface area contributed by atoms with E-state index in [9.17, 15) is 38.3 Å². The van der Waals surface area contributed by atoms with E-state index in [0.717, 1.165) is 67.9 Å². The number of carboxylic acids is 1. The van der Waals surface area contributed by atoms with E-state index in [1.54, 1.807) is 0 Å². The Bertz CT molecular complexity index is 2030. The first-order valence-electron chi connectivity index (χ1n) is 15.3. The summed E-state index contributed by atoms with van der Waals surface area (Å²) in [6, 6.07) is 4.97. The van der Waals surface area contributed by atoms with Crippen LogP contribution in [0.2, 0.25) is 0 Å². The third kappa shape index (κ3) is 7.68. The van der Waals surface area contributed by atoms with Crippen molar-refractivity contribution in [2.75, 3.05) is 24.7 Å². The van der Waals surface area contributed by atoms with Crippen molar-refractivity contribution in [3.63, 3.8) is 0 Å². The van der Waals surface area contributed by atoms with Crippen LogP contribution in [0.5, 0.6) is 0 Å². The zero-order valence-corrected chi connectivity index (χ0v) is 27.7. The molecule has 2 aromatic heterocycles. The number of carboxylic acid groups (broad SMARTS) is 1. The summed E-state index contributed by atoms with van der Waals surface area (Å²) in [5, 5.41) is 18.4. The Morgan fingerprint density at radius 2 is 1.69 bits per heavy atom. The van der Waals surface area contributed by atoms with Crippen LogP contribution in [0, 0.1) is 16.6 Å². The number of carbonyl (C=O) groups is 4. The SMILES string of the molecule is C.COC(=O)C12CCC(CN)(CC1)CC2.Cl.NC(=O)c1cnn2c(C(=O)O)cc(C(=O)NCc3ccc(F)c(CNc4c(N)c(=O)c4=O)c3)nc12. The van der Waals surface area contributed by atoms with E-state index in [0.29, 0.717) is 11.0 Å². The van der Waals surface area contributed by atoms with Gasteiger partial charge in [0.25, 0.3) is 22.7 Å². The number of aromatic nitrogens is 3. The average Bonchev–Trinajstić information content (AvgIpc) is 3.56. The Labute approximate surface area is 297 Å². The lowest BCUT2D eigenvalue weighted by Crippen LogP contribution is -2.49. The fraction of sp³-hybridized carbons (Fsp3) is 0.394. The topological polar surface area (TPSA) is 264 Å². The van der Waals surface area contributed by atoms with Crippen molar-refractivity contribution in [1.82, 2.24) is 19.9 Å². The second-order valence-electron chi connectivity index (χ2n) is 12.4. The standard InChI is InChI=1S/C21H16FN7O6.C11H19NO2.CH4.ClH/c22-11-2-1-8(3-9(11)6-25-15-14(23)16(30)17(15)31)5-26-20(33)12-4-13(21(34)35)29-19(28-12)10(7-27-29)18(24)32;1-14-9(13)11-5-2-10(8-12,3-6-11)4-7-11;;/h1-4,7,25H,5-6,23H2,(H2,24,32)(H,26,33)(H,34,35);2-8,12H2,1H3;1H4;1H. The molecular weight excluding hydrogens is 691 g/mol. The third-order valence-electron chi connectivity index (χ3n) is 9.61. The largest absolute Gasteiger partial charge is 0.477 e. The van der Waals surface area contributed by atoms with Gasteiger partial charge in [-0.2, -0.15) is 5.10 Å². The first-order chi connectivity index (χ1) is 23.2. The molecule has 4 aromatic rings. The van der Waals surface area contributed by atoms with Gasteiger partial charge in [0.1, 0.15) is 28.4 Å². The van der Waals surface area contributed by atoms with Crippen LogP contribution in [0.4, 0.5) is 15.8 Å². The number of nitrogens with two attached hydrogens (primary N) is 3. The Morgan fingerprint density at radius 1 is 1.04 bits per heavy atom. The molecule has 3 saturated carbocycles. The number of carbonyl (C=O) groups excluding carboxylic acids is 3. The number of esters is 1. The first kappa shape index (κ1) is 40.0. The zero-order valence-electron chi connectivity index (χ0n) is 26.9. The smallest absolute Gasteiger partial charge is 0.354 e. The Morgan fingerprint density at radius 3 is 2.24 bits per heavy atom. The highest BCUT2D eigenvalue weighted by atomic mass is 35.5. The number of rotatable bonds is 10. The molecule has 51 heavy (non-hydrogen) atoms. The maximum atomic E-state index is 14.2. The quantitative estimate of drug-likeness (QED) is 0.101. The number of methoxy groups -OCH3 is 1. The first-order valence-corrected chi connectivity index (χ1v) is 15.3. The Balaban J connectivity index is 0.000000368. The average molecular weight is 731 g/mol. The second-order valence-corrected chi connectivity index (χ2v) is 12.4. The van der Waals surface area contributed by atoms with Gasteiger partial charge in [0.15, 0.2) is 11.3 Å². The van der Waals surface area contributed by atoms with Crippen molar-refractivity contribution in [3.05, 3.63) is 84.8 Å². The number of aromatic carboxylic acids is 1. The molecule has 0 aliphatic heterocycles. The van der Waals surface area contributed by atoms with Crippen molar-refractivity contribution in [2.45, 2.75) is 59.0 Å². The number of halogens is 2. The number of fused-ring (bicyclic) bond motifs is 4. The fourth-order valence-corrected chi connectivity index (χ4v) is 6.41. The predicted molar refractivity (Wildman–Crippen MR) is 187 cm³/mol. The van der Waals surface area contributed by atoms with E-state index < -0.39 is 40.2 Å². The molecule has 0 radical (unpaired) electrons. The van der Waals surface area contributed by atoms with Crippen molar-refractivity contribution in [3.8, 4) is 0 Å². The van der Waals surface area contributed by atoms with Gasteiger partial charge in [-0.05, 0) is 68.2 Å². The number of hydrogen-bond acceptors (Lipinski definition) is 12. The summed E-state index contributed by atoms with van der Waals surface area (Å²) in [5.41, 5.74) is 14.3. The molecule has 0 atom stereocenters. The van der Waals surface area contributed by atoms with E-state index in [4.69, 9.17) is 21.9 Å². The van der Waals surface area contributed by atoms with E-state index in [1.807, 2.05) is 0 Å². The number of nitrogens with zero attached hydrogens (tertiary/aromatic N) is 3. The number of nitrogens with one attached hydrogen (secondary N) is 2. The summed E-state index contributed by atoms with van der Waals surface area (Å²) in [6.07, 6.45) is 7.32. The molecule has 9 N–H and O–H groups in total. The molecule has 16 nitrogen and oxygen atoms in total. The van der Waals surface area contributed by atoms with Gasteiger partial charge in [-0.1, -0.05) is 13.5 Å². The summed E-state index contributed by atoms with van der Waals surface area (Å²) in [7, 11) is 1.50. The number of nitrogen functional groups attached to an aromatic ring is 1. The van der Waals surface area contributed by atoms with E-state index in [2.05, 4.69) is 20.7 Å². The maximum Gasteiger partial charge on any atom is 0.354 e. The van der Waals surface area contributed by atoms with E-state index >= 15 is 0 Å². The zero-order chi connectivity index (χ0) is 35.7. The van der Waals surface area contributed by atoms with Gasteiger partial charge in [0, 0.05) is 24.7 Å². The molecule has 2 heterocycles. The highest BCUT2D eigenvalue weighted by molar-refractivity contribution is 6.01. The van der Waals surface area contributed by atoms with Crippen LogP contribution in [0.3, 0.4) is 0 Å². The van der Waals surface area contributed by atoms with Crippen molar-refractivity contribution >= 4 is 53.2 Å². The summed E-state index contributed by atoms with van der Waals surface area (Å²) >= 11 is 0. The molecule has 3 fully saturated rings. The van der Waals surface area contributed by atoms with E-state index in [-0.39, 0.29) is 78.2 Å². The van der Waals surface area contributed by atoms with Crippen molar-refractivity contribution < 1.29 is 33.4 Å². The third-order valence-corrected chi connectivity index (χ3v) is 9.61. The van der Waals surface area contributed by atoms with Gasteiger partial charge in [-0.25, -0.2) is 18.7 Å². The van der Waals surface area contributed by atoms with Gasteiger partial charge in [-0.15, -0.1) is 12.4 Å². The lowest BCUT2D eigenvalue weighted by Gasteiger charge is -2.51. The summed E-state index contributed by atoms with van der Waals surface area (Å²) < 4.78 is 20.0. The van der Waals surface area contributed by atoms with Crippen molar-refractivity contribution in [2.24, 2.45) is 22.3 Å². The van der Waals surface area contributed by atoms with Crippen LogP contribution in [0.25, 0.3) is 5.65 Å². The Kier molecular flexibility index (Phi) is 12.3. The lowest BCUT2D eigenvalue weighted by molar-refractivity contribution is -0.162. The van der Waals surface area contributed by atoms with Crippen LogP contribution in [0.15, 0.2) is 40.1 Å². The normalized spacial score (nSPS) is 18.8. The van der Waals surface area contributed by atoms with Crippen LogP contribution < -0.4 is 38.7 Å². The minimum atomic E-state index is -1.41. The highest BCUT2D eigenvalue weighted by Crippen LogP contribution is 2.56. The van der Waals surface area contributed by atoms with Gasteiger partial charge in [-0.3, -0.25) is 24.0 Å². The second kappa shape index (κ2) is 15.6. The maximum absolute atomic E-state index is 14.2. The van der Waals surface area contributed by atoms with Crippen LogP contribution >= 0.6 is 12.4 Å². The molecule has 2 aromatic carbocycles. The van der Waals surface area contributed by atoms with Gasteiger partial charge >= 0.3 is 11.9 Å². The molecular formula is C33H40ClFN8O8. The molecule has 2 bridgehead atoms. The molecule has 274 valence electrons. The summed E-state index contributed by atoms with van der Waals surface area (Å²) in [6.45, 7) is 0.551. The number of benzene rings is 1. The molecule has 3 aliphatic rings. The van der Waals surface area contributed by atoms with Crippen LogP contribution in [-0.4, -0.2) is 57.1 Å².